The Kier molecular flexibility index (Phi) is 8.40. The first-order chi connectivity index (χ1) is 14.0. The molecular formula is C23H29NO5. The number of hydrogen-bond donors (Lipinski definition) is 1. The van der Waals surface area contributed by atoms with E-state index < -0.39 is 0 Å². The second-order valence-electron chi connectivity index (χ2n) is 6.83. The first kappa shape index (κ1) is 22.1. The summed E-state index contributed by atoms with van der Waals surface area (Å²) in [5.74, 6) is 2.80. The van der Waals surface area contributed by atoms with Gasteiger partial charge in [-0.3, -0.25) is 4.79 Å². The van der Waals surface area contributed by atoms with Crippen LogP contribution >= 0.6 is 0 Å². The van der Waals surface area contributed by atoms with Crippen LogP contribution in [0, 0.1) is 5.92 Å². The molecule has 0 fully saturated rings. The van der Waals surface area contributed by atoms with E-state index in [2.05, 4.69) is 19.2 Å². The minimum Gasteiger partial charge on any atom is -0.493 e. The molecule has 2 rings (SSSR count). The molecule has 6 heteroatoms. The van der Waals surface area contributed by atoms with E-state index in [9.17, 15) is 4.79 Å². The first-order valence-corrected chi connectivity index (χ1v) is 9.48. The maximum Gasteiger partial charge on any atom is 0.248 e. The van der Waals surface area contributed by atoms with E-state index in [1.165, 1.54) is 6.08 Å². The molecule has 2 aromatic carbocycles. The highest BCUT2D eigenvalue weighted by Gasteiger charge is 2.07. The molecule has 1 N–H and O–H groups in total. The van der Waals surface area contributed by atoms with Gasteiger partial charge in [-0.2, -0.15) is 0 Å². The maximum absolute atomic E-state index is 12.2. The maximum atomic E-state index is 12.2. The summed E-state index contributed by atoms with van der Waals surface area (Å²) in [6.45, 7) is 4.94. The van der Waals surface area contributed by atoms with Crippen molar-refractivity contribution in [3.63, 3.8) is 0 Å². The largest absolute Gasteiger partial charge is 0.493 e. The summed E-state index contributed by atoms with van der Waals surface area (Å²) in [5, 5.41) is 2.80. The molecule has 1 amide bonds. The number of benzene rings is 2. The van der Waals surface area contributed by atoms with Gasteiger partial charge in [0, 0.05) is 17.8 Å². The third kappa shape index (κ3) is 6.75. The Bertz CT molecular complexity index is 845. The van der Waals surface area contributed by atoms with Gasteiger partial charge in [0.15, 0.2) is 23.0 Å². The monoisotopic (exact) mass is 399 g/mol. The Morgan fingerprint density at radius 1 is 0.931 bits per heavy atom. The molecule has 0 bridgehead atoms. The number of anilines is 1. The molecule has 6 nitrogen and oxygen atoms in total. The molecule has 0 aliphatic heterocycles. The van der Waals surface area contributed by atoms with Gasteiger partial charge in [-0.1, -0.05) is 19.9 Å². The number of carbonyl (C=O) groups is 1. The lowest BCUT2D eigenvalue weighted by Gasteiger charge is -2.12. The Balaban J connectivity index is 2.02. The van der Waals surface area contributed by atoms with E-state index in [-0.39, 0.29) is 5.91 Å². The highest BCUT2D eigenvalue weighted by atomic mass is 16.5. The van der Waals surface area contributed by atoms with Crippen molar-refractivity contribution in [3.05, 3.63) is 48.0 Å². The van der Waals surface area contributed by atoms with Crippen LogP contribution in [0.4, 0.5) is 5.69 Å². The van der Waals surface area contributed by atoms with Crippen LogP contribution in [0.3, 0.4) is 0 Å². The Morgan fingerprint density at radius 2 is 1.59 bits per heavy atom. The predicted octanol–water partition coefficient (Wildman–Crippen LogP) is 4.79. The molecule has 0 saturated heterocycles. The van der Waals surface area contributed by atoms with Crippen LogP contribution in [0.1, 0.15) is 25.8 Å². The molecule has 0 radical (unpaired) electrons. The van der Waals surface area contributed by atoms with Gasteiger partial charge in [0.25, 0.3) is 0 Å². The zero-order valence-corrected chi connectivity index (χ0v) is 17.7. The van der Waals surface area contributed by atoms with E-state index in [4.69, 9.17) is 18.9 Å². The van der Waals surface area contributed by atoms with E-state index in [1.54, 1.807) is 45.6 Å². The number of amides is 1. The van der Waals surface area contributed by atoms with Crippen LogP contribution in [0.25, 0.3) is 6.08 Å². The fraction of sp³-hybridized carbons (Fsp3) is 0.348. The number of ether oxygens (including phenoxy) is 4. The molecule has 0 heterocycles. The first-order valence-electron chi connectivity index (χ1n) is 9.48. The Labute approximate surface area is 172 Å². The minimum absolute atomic E-state index is 0.256. The Morgan fingerprint density at radius 3 is 2.24 bits per heavy atom. The third-order valence-corrected chi connectivity index (χ3v) is 4.22. The molecule has 0 atom stereocenters. The van der Waals surface area contributed by atoms with Gasteiger partial charge in [0.05, 0.1) is 27.9 Å². The quantitative estimate of drug-likeness (QED) is 0.582. The van der Waals surface area contributed by atoms with Crippen LogP contribution in [-0.4, -0.2) is 33.8 Å². The molecule has 156 valence electrons. The van der Waals surface area contributed by atoms with Crippen LogP contribution in [0.2, 0.25) is 0 Å². The lowest BCUT2D eigenvalue weighted by atomic mass is 10.1. The van der Waals surface area contributed by atoms with Gasteiger partial charge < -0.3 is 24.3 Å². The molecule has 0 aliphatic carbocycles. The molecule has 0 unspecified atom stereocenters. The molecule has 2 aromatic rings. The van der Waals surface area contributed by atoms with Crippen molar-refractivity contribution < 1.29 is 23.7 Å². The van der Waals surface area contributed by atoms with E-state index >= 15 is 0 Å². The highest BCUT2D eigenvalue weighted by molar-refractivity contribution is 6.02. The van der Waals surface area contributed by atoms with Gasteiger partial charge in [-0.05, 0) is 48.2 Å². The van der Waals surface area contributed by atoms with Crippen molar-refractivity contribution in [2.75, 3.05) is 33.3 Å². The number of carbonyl (C=O) groups excluding carboxylic acids is 1. The van der Waals surface area contributed by atoms with E-state index in [1.807, 2.05) is 18.2 Å². The van der Waals surface area contributed by atoms with Crippen molar-refractivity contribution in [1.29, 1.82) is 0 Å². The normalized spacial score (nSPS) is 10.8. The average Bonchev–Trinajstić information content (AvgIpc) is 2.72. The highest BCUT2D eigenvalue weighted by Crippen LogP contribution is 2.30. The summed E-state index contributed by atoms with van der Waals surface area (Å²) in [6, 6.07) is 10.8. The van der Waals surface area contributed by atoms with Crippen molar-refractivity contribution >= 4 is 17.7 Å². The standard InChI is InChI=1S/C23H29NO5/c1-16(2)12-13-29-20-9-6-17(14-21(20)27-4)7-11-23(25)24-18-8-10-19(26-3)22(15-18)28-5/h6-11,14-16H,12-13H2,1-5H3,(H,24,25)/b11-7+. The summed E-state index contributed by atoms with van der Waals surface area (Å²) in [7, 11) is 4.71. The number of hydrogen-bond acceptors (Lipinski definition) is 5. The van der Waals surface area contributed by atoms with Crippen molar-refractivity contribution in [2.45, 2.75) is 20.3 Å². The number of methoxy groups -OCH3 is 3. The van der Waals surface area contributed by atoms with Gasteiger partial charge >= 0.3 is 0 Å². The summed E-state index contributed by atoms with van der Waals surface area (Å²) >= 11 is 0. The molecule has 0 saturated carbocycles. The minimum atomic E-state index is -0.256. The fourth-order valence-corrected chi connectivity index (χ4v) is 2.58. The second-order valence-corrected chi connectivity index (χ2v) is 6.83. The molecule has 29 heavy (non-hydrogen) atoms. The fourth-order valence-electron chi connectivity index (χ4n) is 2.58. The van der Waals surface area contributed by atoms with Crippen LogP contribution in [0.5, 0.6) is 23.0 Å². The topological polar surface area (TPSA) is 66.0 Å². The molecule has 0 aromatic heterocycles. The third-order valence-electron chi connectivity index (χ3n) is 4.22. The van der Waals surface area contributed by atoms with Crippen LogP contribution in [0.15, 0.2) is 42.5 Å². The lowest BCUT2D eigenvalue weighted by Crippen LogP contribution is -2.08. The molecule has 0 aliphatic rings. The molecular weight excluding hydrogens is 370 g/mol. The molecule has 0 spiro atoms. The number of rotatable bonds is 10. The summed E-state index contributed by atoms with van der Waals surface area (Å²) in [4.78, 5) is 12.2. The van der Waals surface area contributed by atoms with Gasteiger partial charge in [-0.15, -0.1) is 0 Å². The van der Waals surface area contributed by atoms with E-state index in [0.29, 0.717) is 41.2 Å². The summed E-state index contributed by atoms with van der Waals surface area (Å²) in [5.41, 5.74) is 1.45. The Hall–Kier alpha value is -3.15. The summed E-state index contributed by atoms with van der Waals surface area (Å²) in [6.07, 6.45) is 4.16. The van der Waals surface area contributed by atoms with Crippen LogP contribution < -0.4 is 24.3 Å². The van der Waals surface area contributed by atoms with Crippen molar-refractivity contribution in [3.8, 4) is 23.0 Å². The second kappa shape index (κ2) is 11.0. The van der Waals surface area contributed by atoms with Crippen LogP contribution in [-0.2, 0) is 4.79 Å². The van der Waals surface area contributed by atoms with Crippen molar-refractivity contribution in [2.24, 2.45) is 5.92 Å². The lowest BCUT2D eigenvalue weighted by molar-refractivity contribution is -0.111. The summed E-state index contributed by atoms with van der Waals surface area (Å²) < 4.78 is 21.6. The van der Waals surface area contributed by atoms with Gasteiger partial charge in [0.1, 0.15) is 0 Å². The SMILES string of the molecule is COc1ccc(NC(=O)/C=C/c2ccc(OCCC(C)C)c(OC)c2)cc1OC. The zero-order valence-electron chi connectivity index (χ0n) is 17.7. The van der Waals surface area contributed by atoms with Gasteiger partial charge in [0.2, 0.25) is 5.91 Å². The average molecular weight is 399 g/mol. The van der Waals surface area contributed by atoms with E-state index in [0.717, 1.165) is 12.0 Å². The zero-order chi connectivity index (χ0) is 21.2. The van der Waals surface area contributed by atoms with Crippen molar-refractivity contribution in [1.82, 2.24) is 0 Å². The predicted molar refractivity (Wildman–Crippen MR) is 115 cm³/mol. The number of nitrogens with one attached hydrogen (secondary N) is 1. The smallest absolute Gasteiger partial charge is 0.248 e. The van der Waals surface area contributed by atoms with Gasteiger partial charge in [-0.25, -0.2) is 0 Å².